The molecule has 1 aromatic carbocycles. The van der Waals surface area contributed by atoms with Gasteiger partial charge >= 0.3 is 12.1 Å². The highest BCUT2D eigenvalue weighted by atomic mass is 16.6. The van der Waals surface area contributed by atoms with Crippen LogP contribution in [-0.2, 0) is 20.9 Å². The van der Waals surface area contributed by atoms with E-state index < -0.39 is 23.0 Å². The SMILES string of the molecule is COC(=O)C[C@H](C)NC(=O)OCc1ccc([N+](=O)[O-])cc1. The van der Waals surface area contributed by atoms with E-state index in [1.165, 1.54) is 31.4 Å². The average Bonchev–Trinajstić information content (AvgIpc) is 2.45. The number of hydrogen-bond donors (Lipinski definition) is 1. The summed E-state index contributed by atoms with van der Waals surface area (Å²) in [5.41, 5.74) is 0.589. The van der Waals surface area contributed by atoms with Gasteiger partial charge in [-0.3, -0.25) is 14.9 Å². The number of nitrogens with one attached hydrogen (secondary N) is 1. The van der Waals surface area contributed by atoms with Gasteiger partial charge in [-0.25, -0.2) is 4.79 Å². The van der Waals surface area contributed by atoms with Crippen LogP contribution in [0.3, 0.4) is 0 Å². The summed E-state index contributed by atoms with van der Waals surface area (Å²) >= 11 is 0. The number of rotatable bonds is 6. The number of methoxy groups -OCH3 is 1. The number of alkyl carbamates (subject to hydrolysis) is 1. The Labute approximate surface area is 121 Å². The molecule has 0 bridgehead atoms. The predicted octanol–water partition coefficient (Wildman–Crippen LogP) is 1.77. The molecule has 1 aromatic rings. The van der Waals surface area contributed by atoms with E-state index in [1.54, 1.807) is 6.92 Å². The third-order valence-electron chi connectivity index (χ3n) is 2.58. The van der Waals surface area contributed by atoms with Crippen molar-refractivity contribution in [3.8, 4) is 0 Å². The normalized spacial score (nSPS) is 11.3. The molecule has 0 saturated heterocycles. The molecule has 8 nitrogen and oxygen atoms in total. The average molecular weight is 296 g/mol. The lowest BCUT2D eigenvalue weighted by Crippen LogP contribution is -2.34. The Balaban J connectivity index is 2.39. The standard InChI is InChI=1S/C13H16N2O6/c1-9(7-12(16)20-2)14-13(17)21-8-10-3-5-11(6-4-10)15(18)19/h3-6,9H,7-8H2,1-2H3,(H,14,17)/t9-/m0/s1. The van der Waals surface area contributed by atoms with Gasteiger partial charge in [0.15, 0.2) is 0 Å². The maximum Gasteiger partial charge on any atom is 0.407 e. The van der Waals surface area contributed by atoms with Crippen molar-refractivity contribution in [1.82, 2.24) is 5.32 Å². The highest BCUT2D eigenvalue weighted by molar-refractivity contribution is 5.72. The van der Waals surface area contributed by atoms with E-state index in [-0.39, 0.29) is 18.7 Å². The van der Waals surface area contributed by atoms with Crippen LogP contribution in [0, 0.1) is 10.1 Å². The highest BCUT2D eigenvalue weighted by Crippen LogP contribution is 2.12. The number of nitro benzene ring substituents is 1. The van der Waals surface area contributed by atoms with Gasteiger partial charge in [-0.05, 0) is 24.6 Å². The summed E-state index contributed by atoms with van der Waals surface area (Å²) in [6, 6.07) is 5.25. The third kappa shape index (κ3) is 5.89. The minimum Gasteiger partial charge on any atom is -0.469 e. The molecule has 0 radical (unpaired) electrons. The van der Waals surface area contributed by atoms with Crippen molar-refractivity contribution in [2.75, 3.05) is 7.11 Å². The highest BCUT2D eigenvalue weighted by Gasteiger charge is 2.13. The molecule has 0 aliphatic carbocycles. The molecule has 21 heavy (non-hydrogen) atoms. The molecule has 0 fully saturated rings. The van der Waals surface area contributed by atoms with Crippen molar-refractivity contribution in [3.05, 3.63) is 39.9 Å². The van der Waals surface area contributed by atoms with Gasteiger partial charge < -0.3 is 14.8 Å². The van der Waals surface area contributed by atoms with Crippen LogP contribution in [0.2, 0.25) is 0 Å². The predicted molar refractivity (Wildman–Crippen MR) is 72.5 cm³/mol. The lowest BCUT2D eigenvalue weighted by Gasteiger charge is -2.12. The lowest BCUT2D eigenvalue weighted by molar-refractivity contribution is -0.384. The van der Waals surface area contributed by atoms with Crippen LogP contribution in [0.15, 0.2) is 24.3 Å². The quantitative estimate of drug-likeness (QED) is 0.487. The summed E-state index contributed by atoms with van der Waals surface area (Å²) in [7, 11) is 1.27. The van der Waals surface area contributed by atoms with E-state index >= 15 is 0 Å². The molecule has 1 rings (SSSR count). The van der Waals surface area contributed by atoms with Crippen LogP contribution in [0.5, 0.6) is 0 Å². The molecular weight excluding hydrogens is 280 g/mol. The van der Waals surface area contributed by atoms with E-state index in [4.69, 9.17) is 4.74 Å². The Hall–Kier alpha value is -2.64. The second-order valence-electron chi connectivity index (χ2n) is 4.33. The molecule has 1 N–H and O–H groups in total. The molecule has 1 amide bonds. The summed E-state index contributed by atoms with van der Waals surface area (Å²) in [5.74, 6) is -0.432. The molecule has 8 heteroatoms. The topological polar surface area (TPSA) is 108 Å². The van der Waals surface area contributed by atoms with E-state index in [2.05, 4.69) is 10.1 Å². The van der Waals surface area contributed by atoms with Gasteiger partial charge in [-0.2, -0.15) is 0 Å². The molecule has 0 aromatic heterocycles. The van der Waals surface area contributed by atoms with E-state index in [9.17, 15) is 19.7 Å². The summed E-state index contributed by atoms with van der Waals surface area (Å²) < 4.78 is 9.42. The molecule has 0 aliphatic rings. The molecule has 0 aliphatic heterocycles. The number of hydrogen-bond acceptors (Lipinski definition) is 6. The van der Waals surface area contributed by atoms with Crippen molar-refractivity contribution in [2.45, 2.75) is 26.0 Å². The number of benzene rings is 1. The number of amides is 1. The van der Waals surface area contributed by atoms with Crippen LogP contribution in [-0.4, -0.2) is 30.1 Å². The zero-order chi connectivity index (χ0) is 15.8. The summed E-state index contributed by atoms with van der Waals surface area (Å²) in [4.78, 5) is 32.5. The van der Waals surface area contributed by atoms with Gasteiger partial charge in [0.25, 0.3) is 5.69 Å². The number of carbonyl (C=O) groups is 2. The Morgan fingerprint density at radius 3 is 2.48 bits per heavy atom. The molecule has 0 unspecified atom stereocenters. The first-order valence-electron chi connectivity index (χ1n) is 6.15. The number of esters is 1. The van der Waals surface area contributed by atoms with Gasteiger partial charge in [0.2, 0.25) is 0 Å². The van der Waals surface area contributed by atoms with Crippen LogP contribution in [0.25, 0.3) is 0 Å². The molecule has 0 saturated carbocycles. The van der Waals surface area contributed by atoms with E-state index in [0.717, 1.165) is 0 Å². The Morgan fingerprint density at radius 2 is 1.95 bits per heavy atom. The monoisotopic (exact) mass is 296 g/mol. The summed E-state index contributed by atoms with van der Waals surface area (Å²) in [6.07, 6.45) is -0.631. The molecule has 0 spiro atoms. The fourth-order valence-electron chi connectivity index (χ4n) is 1.49. The van der Waals surface area contributed by atoms with Gasteiger partial charge in [0.05, 0.1) is 18.5 Å². The zero-order valence-electron chi connectivity index (χ0n) is 11.7. The minimum absolute atomic E-state index is 0.0191. The van der Waals surface area contributed by atoms with Gasteiger partial charge in [0, 0.05) is 18.2 Å². The van der Waals surface area contributed by atoms with Crippen molar-refractivity contribution in [3.63, 3.8) is 0 Å². The molecule has 0 heterocycles. The van der Waals surface area contributed by atoms with Gasteiger partial charge in [-0.15, -0.1) is 0 Å². The van der Waals surface area contributed by atoms with Crippen molar-refractivity contribution in [1.29, 1.82) is 0 Å². The Kier molecular flexibility index (Phi) is 6.12. The first kappa shape index (κ1) is 16.4. The zero-order valence-corrected chi connectivity index (χ0v) is 11.7. The maximum absolute atomic E-state index is 11.5. The Bertz CT molecular complexity index is 514. The van der Waals surface area contributed by atoms with Crippen LogP contribution in [0.4, 0.5) is 10.5 Å². The second kappa shape index (κ2) is 7.83. The lowest BCUT2D eigenvalue weighted by atomic mass is 10.2. The third-order valence-corrected chi connectivity index (χ3v) is 2.58. The Morgan fingerprint density at radius 1 is 1.33 bits per heavy atom. The van der Waals surface area contributed by atoms with Gasteiger partial charge in [-0.1, -0.05) is 0 Å². The number of non-ortho nitro benzene ring substituents is 1. The molecule has 1 atom stereocenters. The van der Waals surface area contributed by atoms with Crippen molar-refractivity contribution in [2.24, 2.45) is 0 Å². The van der Waals surface area contributed by atoms with Crippen LogP contribution in [0.1, 0.15) is 18.9 Å². The van der Waals surface area contributed by atoms with Gasteiger partial charge in [0.1, 0.15) is 6.61 Å². The first-order chi connectivity index (χ1) is 9.92. The summed E-state index contributed by atoms with van der Waals surface area (Å²) in [5, 5.41) is 13.0. The molecule has 114 valence electrons. The summed E-state index contributed by atoms with van der Waals surface area (Å²) in [6.45, 7) is 1.62. The number of ether oxygens (including phenoxy) is 2. The van der Waals surface area contributed by atoms with Crippen molar-refractivity contribution < 1.29 is 24.0 Å². The van der Waals surface area contributed by atoms with Crippen LogP contribution >= 0.6 is 0 Å². The second-order valence-corrected chi connectivity index (χ2v) is 4.33. The largest absolute Gasteiger partial charge is 0.469 e. The van der Waals surface area contributed by atoms with Crippen LogP contribution < -0.4 is 5.32 Å². The van der Waals surface area contributed by atoms with E-state index in [1.807, 2.05) is 0 Å². The fourth-order valence-corrected chi connectivity index (χ4v) is 1.49. The first-order valence-corrected chi connectivity index (χ1v) is 6.15. The number of nitro groups is 1. The minimum atomic E-state index is -0.676. The van der Waals surface area contributed by atoms with Crippen molar-refractivity contribution >= 4 is 17.7 Å². The number of nitrogens with zero attached hydrogens (tertiary/aromatic N) is 1. The number of carbonyl (C=O) groups excluding carboxylic acids is 2. The fraction of sp³-hybridized carbons (Fsp3) is 0.385. The maximum atomic E-state index is 11.5. The molecular formula is C13H16N2O6. The van der Waals surface area contributed by atoms with E-state index in [0.29, 0.717) is 5.56 Å². The smallest absolute Gasteiger partial charge is 0.407 e.